The van der Waals surface area contributed by atoms with Gasteiger partial charge < -0.3 is 10.1 Å². The minimum absolute atomic E-state index is 0.112. The third-order valence-electron chi connectivity index (χ3n) is 3.89. The molecular formula is C16H22N2O3. The molecule has 0 radical (unpaired) electrons. The Morgan fingerprint density at radius 1 is 1.33 bits per heavy atom. The number of ether oxygens (including phenoxy) is 1. The van der Waals surface area contributed by atoms with Gasteiger partial charge in [0.05, 0.1) is 0 Å². The van der Waals surface area contributed by atoms with Gasteiger partial charge in [-0.3, -0.25) is 9.69 Å². The van der Waals surface area contributed by atoms with E-state index in [0.29, 0.717) is 19.5 Å². The molecule has 1 aliphatic rings. The number of likely N-dealkylation sites (tertiary alicyclic amines) is 1. The number of nitrogens with one attached hydrogen (secondary N) is 1. The number of carbonyl (C=O) groups is 2. The van der Waals surface area contributed by atoms with Crippen LogP contribution < -0.4 is 5.32 Å². The summed E-state index contributed by atoms with van der Waals surface area (Å²) < 4.78 is 5.34. The molecule has 2 amide bonds. The zero-order valence-electron chi connectivity index (χ0n) is 12.6. The van der Waals surface area contributed by atoms with Crippen LogP contribution in [0.5, 0.6) is 0 Å². The van der Waals surface area contributed by atoms with Crippen molar-refractivity contribution in [1.29, 1.82) is 0 Å². The van der Waals surface area contributed by atoms with Gasteiger partial charge in [0.2, 0.25) is 5.91 Å². The van der Waals surface area contributed by atoms with E-state index in [1.165, 1.54) is 0 Å². The smallest absolute Gasteiger partial charge is 0.410 e. The molecule has 0 spiro atoms. The summed E-state index contributed by atoms with van der Waals surface area (Å²) in [6.07, 6.45) is 1.05. The van der Waals surface area contributed by atoms with Crippen molar-refractivity contribution in [3.63, 3.8) is 0 Å². The van der Waals surface area contributed by atoms with E-state index < -0.39 is 11.6 Å². The molecule has 0 aromatic heterocycles. The van der Waals surface area contributed by atoms with Gasteiger partial charge >= 0.3 is 6.09 Å². The summed E-state index contributed by atoms with van der Waals surface area (Å²) in [5.74, 6) is -0.112. The third-order valence-corrected chi connectivity index (χ3v) is 3.89. The zero-order valence-corrected chi connectivity index (χ0v) is 12.6. The monoisotopic (exact) mass is 290 g/mol. The van der Waals surface area contributed by atoms with E-state index in [0.717, 1.165) is 12.0 Å². The first kappa shape index (κ1) is 15.4. The Bertz CT molecular complexity index is 504. The van der Waals surface area contributed by atoms with Gasteiger partial charge in [0.1, 0.15) is 12.1 Å². The van der Waals surface area contributed by atoms with Crippen molar-refractivity contribution in [2.75, 3.05) is 13.1 Å². The van der Waals surface area contributed by atoms with E-state index in [1.54, 1.807) is 11.8 Å². The SMILES string of the molecule is CCNC(=O)C1(C)CCCN1C(=O)OCc1ccccc1. The van der Waals surface area contributed by atoms with E-state index in [4.69, 9.17) is 4.74 Å². The lowest BCUT2D eigenvalue weighted by molar-refractivity contribution is -0.130. The van der Waals surface area contributed by atoms with Crippen molar-refractivity contribution < 1.29 is 14.3 Å². The summed E-state index contributed by atoms with van der Waals surface area (Å²) in [6.45, 7) is 5.01. The van der Waals surface area contributed by atoms with Crippen molar-refractivity contribution in [2.45, 2.75) is 38.8 Å². The number of rotatable bonds is 4. The Kier molecular flexibility index (Phi) is 4.83. The molecule has 21 heavy (non-hydrogen) atoms. The first-order valence-corrected chi connectivity index (χ1v) is 7.34. The highest BCUT2D eigenvalue weighted by Crippen LogP contribution is 2.30. The number of hydrogen-bond donors (Lipinski definition) is 1. The van der Waals surface area contributed by atoms with Gasteiger partial charge in [0.25, 0.3) is 0 Å². The maximum absolute atomic E-state index is 12.3. The first-order valence-electron chi connectivity index (χ1n) is 7.34. The van der Waals surface area contributed by atoms with E-state index in [2.05, 4.69) is 5.32 Å². The summed E-state index contributed by atoms with van der Waals surface area (Å²) >= 11 is 0. The molecule has 1 unspecified atom stereocenters. The number of benzene rings is 1. The van der Waals surface area contributed by atoms with Crippen LogP contribution in [0.15, 0.2) is 30.3 Å². The topological polar surface area (TPSA) is 58.6 Å². The lowest BCUT2D eigenvalue weighted by atomic mass is 9.98. The molecule has 2 rings (SSSR count). The molecule has 114 valence electrons. The molecule has 1 aromatic rings. The van der Waals surface area contributed by atoms with Gasteiger partial charge in [-0.25, -0.2) is 4.79 Å². The maximum Gasteiger partial charge on any atom is 0.410 e. The van der Waals surface area contributed by atoms with Crippen LogP contribution in [-0.4, -0.2) is 35.5 Å². The molecule has 1 aliphatic heterocycles. The van der Waals surface area contributed by atoms with Crippen LogP contribution in [0.4, 0.5) is 4.79 Å². The lowest BCUT2D eigenvalue weighted by Crippen LogP contribution is -2.55. The van der Waals surface area contributed by atoms with Crippen LogP contribution in [0.2, 0.25) is 0 Å². The first-order chi connectivity index (χ1) is 10.1. The highest BCUT2D eigenvalue weighted by molar-refractivity contribution is 5.90. The summed E-state index contributed by atoms with van der Waals surface area (Å²) in [5.41, 5.74) is 0.133. The quantitative estimate of drug-likeness (QED) is 0.925. The van der Waals surface area contributed by atoms with Crippen LogP contribution in [0.1, 0.15) is 32.3 Å². The number of carbonyl (C=O) groups excluding carboxylic acids is 2. The Hall–Kier alpha value is -2.04. The number of likely N-dealkylation sites (N-methyl/N-ethyl adjacent to an activating group) is 1. The van der Waals surface area contributed by atoms with Crippen LogP contribution in [0, 0.1) is 0 Å². The highest BCUT2D eigenvalue weighted by atomic mass is 16.6. The second kappa shape index (κ2) is 6.61. The average Bonchev–Trinajstić information content (AvgIpc) is 2.89. The Morgan fingerprint density at radius 3 is 2.71 bits per heavy atom. The van der Waals surface area contributed by atoms with Crippen molar-refractivity contribution in [3.8, 4) is 0 Å². The zero-order chi connectivity index (χ0) is 15.3. The predicted octanol–water partition coefficient (Wildman–Crippen LogP) is 2.31. The number of hydrogen-bond acceptors (Lipinski definition) is 3. The molecule has 1 saturated heterocycles. The van der Waals surface area contributed by atoms with Crippen LogP contribution in [0.25, 0.3) is 0 Å². The Balaban J connectivity index is 1.99. The summed E-state index contributed by atoms with van der Waals surface area (Å²) in [5, 5.41) is 2.80. The molecule has 0 bridgehead atoms. The summed E-state index contributed by atoms with van der Waals surface area (Å²) in [7, 11) is 0. The lowest BCUT2D eigenvalue weighted by Gasteiger charge is -2.32. The normalized spacial score (nSPS) is 21.1. The molecule has 0 saturated carbocycles. The molecule has 1 aromatic carbocycles. The minimum atomic E-state index is -0.802. The molecule has 1 atom stereocenters. The second-order valence-corrected chi connectivity index (χ2v) is 5.43. The van der Waals surface area contributed by atoms with E-state index in [-0.39, 0.29) is 12.5 Å². The molecule has 1 heterocycles. The molecule has 5 heteroatoms. The predicted molar refractivity (Wildman–Crippen MR) is 79.7 cm³/mol. The van der Waals surface area contributed by atoms with Crippen molar-refractivity contribution in [3.05, 3.63) is 35.9 Å². The Labute approximate surface area is 125 Å². The standard InChI is InChI=1S/C16H22N2O3/c1-3-17-14(19)16(2)10-7-11-18(16)15(20)21-12-13-8-5-4-6-9-13/h4-6,8-9H,3,7,10-12H2,1-2H3,(H,17,19). The van der Waals surface area contributed by atoms with Crippen LogP contribution in [0.3, 0.4) is 0 Å². The van der Waals surface area contributed by atoms with Crippen molar-refractivity contribution in [2.24, 2.45) is 0 Å². The van der Waals surface area contributed by atoms with Gasteiger partial charge in [0, 0.05) is 13.1 Å². The number of amides is 2. The van der Waals surface area contributed by atoms with Gasteiger partial charge in [0.15, 0.2) is 0 Å². The van der Waals surface area contributed by atoms with E-state index in [1.807, 2.05) is 37.3 Å². The maximum atomic E-state index is 12.3. The van der Waals surface area contributed by atoms with Crippen molar-refractivity contribution >= 4 is 12.0 Å². The number of nitrogens with zero attached hydrogens (tertiary/aromatic N) is 1. The molecule has 1 fully saturated rings. The molecule has 5 nitrogen and oxygen atoms in total. The van der Waals surface area contributed by atoms with Crippen LogP contribution >= 0.6 is 0 Å². The molecule has 1 N–H and O–H groups in total. The van der Waals surface area contributed by atoms with Gasteiger partial charge in [-0.2, -0.15) is 0 Å². The Morgan fingerprint density at radius 2 is 2.05 bits per heavy atom. The van der Waals surface area contributed by atoms with Crippen molar-refractivity contribution in [1.82, 2.24) is 10.2 Å². The summed E-state index contributed by atoms with van der Waals surface area (Å²) in [4.78, 5) is 26.0. The van der Waals surface area contributed by atoms with Gasteiger partial charge in [-0.15, -0.1) is 0 Å². The van der Waals surface area contributed by atoms with Gasteiger partial charge in [-0.05, 0) is 32.3 Å². The highest BCUT2D eigenvalue weighted by Gasteiger charge is 2.46. The van der Waals surface area contributed by atoms with Gasteiger partial charge in [-0.1, -0.05) is 30.3 Å². The van der Waals surface area contributed by atoms with Crippen LogP contribution in [-0.2, 0) is 16.1 Å². The van der Waals surface area contributed by atoms with E-state index in [9.17, 15) is 9.59 Å². The fraction of sp³-hybridized carbons (Fsp3) is 0.500. The minimum Gasteiger partial charge on any atom is -0.445 e. The summed E-state index contributed by atoms with van der Waals surface area (Å²) in [6, 6.07) is 9.52. The third kappa shape index (κ3) is 3.35. The second-order valence-electron chi connectivity index (χ2n) is 5.43. The fourth-order valence-corrected chi connectivity index (χ4v) is 2.64. The largest absolute Gasteiger partial charge is 0.445 e. The fourth-order valence-electron chi connectivity index (χ4n) is 2.64. The molecular weight excluding hydrogens is 268 g/mol. The molecule has 0 aliphatic carbocycles. The van der Waals surface area contributed by atoms with E-state index >= 15 is 0 Å². The average molecular weight is 290 g/mol.